The van der Waals surface area contributed by atoms with Crippen LogP contribution in [0.15, 0.2) is 6.26 Å². The lowest BCUT2D eigenvalue weighted by Gasteiger charge is -1.95. The van der Waals surface area contributed by atoms with Crippen molar-refractivity contribution >= 4 is 5.94 Å². The van der Waals surface area contributed by atoms with Gasteiger partial charge in [-0.05, 0) is 6.42 Å². The van der Waals surface area contributed by atoms with Crippen LogP contribution in [-0.2, 0) is 9.53 Å². The van der Waals surface area contributed by atoms with Crippen LogP contribution >= 0.6 is 0 Å². The van der Waals surface area contributed by atoms with Crippen molar-refractivity contribution in [1.29, 1.82) is 0 Å². The highest BCUT2D eigenvalue weighted by Gasteiger charge is 1.82. The van der Waals surface area contributed by atoms with Gasteiger partial charge >= 0.3 is 0 Å². The molecule has 0 aromatic heterocycles. The summed E-state index contributed by atoms with van der Waals surface area (Å²) in [6, 6.07) is 0. The van der Waals surface area contributed by atoms with Crippen LogP contribution < -0.4 is 0 Å². The normalized spacial score (nSPS) is 8.11. The zero-order valence-electron chi connectivity index (χ0n) is 5.72. The summed E-state index contributed by atoms with van der Waals surface area (Å²) < 4.78 is 4.74. The topological polar surface area (TPSA) is 26.3 Å². The lowest BCUT2D eigenvalue weighted by molar-refractivity contribution is 0.244. The highest BCUT2D eigenvalue weighted by molar-refractivity contribution is 5.42. The van der Waals surface area contributed by atoms with E-state index in [0.29, 0.717) is 6.61 Å². The van der Waals surface area contributed by atoms with Crippen LogP contribution in [0.2, 0.25) is 0 Å². The molecule has 0 spiro atoms. The fraction of sp³-hybridized carbons (Fsp3) is 0.714. The molecular weight excluding hydrogens is 116 g/mol. The van der Waals surface area contributed by atoms with Crippen molar-refractivity contribution in [3.8, 4) is 0 Å². The van der Waals surface area contributed by atoms with Gasteiger partial charge in [0.1, 0.15) is 0 Å². The summed E-state index contributed by atoms with van der Waals surface area (Å²) in [6.45, 7) is 2.76. The van der Waals surface area contributed by atoms with Gasteiger partial charge in [-0.25, -0.2) is 4.79 Å². The van der Waals surface area contributed by atoms with Crippen LogP contribution in [0, 0.1) is 0 Å². The minimum absolute atomic E-state index is 0.642. The molecular formula is C7H12O2. The summed E-state index contributed by atoms with van der Waals surface area (Å²) >= 11 is 0. The molecule has 0 atom stereocenters. The van der Waals surface area contributed by atoms with Gasteiger partial charge in [0.25, 0.3) is 0 Å². The maximum absolute atomic E-state index is 9.53. The summed E-state index contributed by atoms with van der Waals surface area (Å²) in [5.74, 6) is 1.55. The predicted octanol–water partition coefficient (Wildman–Crippen LogP) is 1.54. The summed E-state index contributed by atoms with van der Waals surface area (Å²) in [4.78, 5) is 9.53. The molecule has 0 saturated heterocycles. The third-order valence-corrected chi connectivity index (χ3v) is 0.997. The van der Waals surface area contributed by atoms with Crippen LogP contribution in [0.4, 0.5) is 0 Å². The monoisotopic (exact) mass is 128 g/mol. The van der Waals surface area contributed by atoms with E-state index in [4.69, 9.17) is 4.74 Å². The van der Waals surface area contributed by atoms with E-state index in [1.54, 1.807) is 5.94 Å². The molecule has 0 amide bonds. The third kappa shape index (κ3) is 7.25. The first-order valence-electron chi connectivity index (χ1n) is 3.22. The number of unbranched alkanes of at least 4 members (excludes halogenated alkanes) is 2. The molecule has 0 bridgehead atoms. The molecule has 52 valence electrons. The highest BCUT2D eigenvalue weighted by Crippen LogP contribution is 1.93. The largest absolute Gasteiger partial charge is 0.490 e. The van der Waals surface area contributed by atoms with Crippen molar-refractivity contribution in [2.45, 2.75) is 26.2 Å². The Morgan fingerprint density at radius 1 is 1.56 bits per heavy atom. The molecule has 0 aromatic rings. The molecule has 2 nitrogen and oxygen atoms in total. The summed E-state index contributed by atoms with van der Waals surface area (Å²) in [7, 11) is 0. The van der Waals surface area contributed by atoms with Crippen LogP contribution in [0.1, 0.15) is 26.2 Å². The van der Waals surface area contributed by atoms with E-state index in [1.807, 2.05) is 0 Å². The van der Waals surface area contributed by atoms with Crippen molar-refractivity contribution in [1.82, 2.24) is 0 Å². The third-order valence-electron chi connectivity index (χ3n) is 0.997. The SMILES string of the molecule is CCCCCOC=C=O. The molecule has 9 heavy (non-hydrogen) atoms. The first-order chi connectivity index (χ1) is 4.41. The molecule has 0 aliphatic carbocycles. The minimum atomic E-state index is 0.642. The fourth-order valence-corrected chi connectivity index (χ4v) is 0.528. The number of hydrogen-bond acceptors (Lipinski definition) is 2. The second kappa shape index (κ2) is 7.25. The fourth-order valence-electron chi connectivity index (χ4n) is 0.528. The maximum Gasteiger partial charge on any atom is 0.166 e. The smallest absolute Gasteiger partial charge is 0.166 e. The van der Waals surface area contributed by atoms with Gasteiger partial charge in [-0.2, -0.15) is 0 Å². The number of hydrogen-bond donors (Lipinski definition) is 0. The quantitative estimate of drug-likeness (QED) is 0.319. The summed E-state index contributed by atoms with van der Waals surface area (Å²) in [5.41, 5.74) is 0. The minimum Gasteiger partial charge on any atom is -0.490 e. The lowest BCUT2D eigenvalue weighted by atomic mass is 10.3. The van der Waals surface area contributed by atoms with Crippen molar-refractivity contribution in [2.75, 3.05) is 6.61 Å². The van der Waals surface area contributed by atoms with Gasteiger partial charge in [-0.1, -0.05) is 19.8 Å². The van der Waals surface area contributed by atoms with Gasteiger partial charge in [0.15, 0.2) is 12.2 Å². The van der Waals surface area contributed by atoms with E-state index in [0.717, 1.165) is 19.1 Å². The summed E-state index contributed by atoms with van der Waals surface area (Å²) in [6.07, 6.45) is 4.42. The zero-order valence-corrected chi connectivity index (χ0v) is 5.72. The molecule has 0 heterocycles. The standard InChI is InChI=1S/C7H12O2/c1-2-3-4-6-9-7-5-8/h7H,2-4,6H2,1H3. The average Bonchev–Trinajstić information content (AvgIpc) is 1.89. The molecule has 0 fully saturated rings. The van der Waals surface area contributed by atoms with Crippen molar-refractivity contribution in [3.63, 3.8) is 0 Å². The molecule has 0 unspecified atom stereocenters. The zero-order chi connectivity index (χ0) is 6.95. The van der Waals surface area contributed by atoms with Crippen molar-refractivity contribution in [2.24, 2.45) is 0 Å². The average molecular weight is 128 g/mol. The molecule has 0 aromatic carbocycles. The number of rotatable bonds is 5. The highest BCUT2D eigenvalue weighted by atomic mass is 16.5. The Hall–Kier alpha value is -0.750. The number of carbonyl (C=O) groups excluding carboxylic acids is 1. The van der Waals surface area contributed by atoms with E-state index in [2.05, 4.69) is 6.92 Å². The second-order valence-electron chi connectivity index (χ2n) is 1.81. The molecule has 0 aliphatic heterocycles. The first kappa shape index (κ1) is 8.25. The van der Waals surface area contributed by atoms with Gasteiger partial charge in [-0.3, -0.25) is 0 Å². The summed E-state index contributed by atoms with van der Waals surface area (Å²) in [5, 5.41) is 0. The molecule has 0 radical (unpaired) electrons. The van der Waals surface area contributed by atoms with E-state index < -0.39 is 0 Å². The van der Waals surface area contributed by atoms with Gasteiger partial charge in [-0.15, -0.1) is 0 Å². The Morgan fingerprint density at radius 2 is 2.33 bits per heavy atom. The van der Waals surface area contributed by atoms with Gasteiger partial charge in [0.05, 0.1) is 6.61 Å². The second-order valence-corrected chi connectivity index (χ2v) is 1.81. The van der Waals surface area contributed by atoms with E-state index >= 15 is 0 Å². The first-order valence-corrected chi connectivity index (χ1v) is 3.22. The van der Waals surface area contributed by atoms with Crippen LogP contribution in [-0.4, -0.2) is 12.5 Å². The van der Waals surface area contributed by atoms with E-state index in [1.165, 1.54) is 6.42 Å². The van der Waals surface area contributed by atoms with Crippen molar-refractivity contribution in [3.05, 3.63) is 6.26 Å². The Bertz CT molecular complexity index is 93.1. The van der Waals surface area contributed by atoms with Crippen molar-refractivity contribution < 1.29 is 9.53 Å². The van der Waals surface area contributed by atoms with Gasteiger partial charge in [0, 0.05) is 0 Å². The van der Waals surface area contributed by atoms with Crippen LogP contribution in [0.5, 0.6) is 0 Å². The molecule has 0 N–H and O–H groups in total. The molecule has 0 aliphatic rings. The number of ether oxygens (including phenoxy) is 1. The van der Waals surface area contributed by atoms with Crippen LogP contribution in [0.3, 0.4) is 0 Å². The Morgan fingerprint density at radius 3 is 2.89 bits per heavy atom. The van der Waals surface area contributed by atoms with E-state index in [-0.39, 0.29) is 0 Å². The lowest BCUT2D eigenvalue weighted by Crippen LogP contribution is -1.86. The van der Waals surface area contributed by atoms with Crippen LogP contribution in [0.25, 0.3) is 0 Å². The van der Waals surface area contributed by atoms with Gasteiger partial charge < -0.3 is 4.74 Å². The maximum atomic E-state index is 9.53. The Balaban J connectivity index is 2.82. The Labute approximate surface area is 55.5 Å². The molecule has 0 saturated carbocycles. The van der Waals surface area contributed by atoms with E-state index in [9.17, 15) is 4.79 Å². The molecule has 0 rings (SSSR count). The Kier molecular flexibility index (Phi) is 6.65. The molecule has 2 heteroatoms. The predicted molar refractivity (Wildman–Crippen MR) is 35.7 cm³/mol. The van der Waals surface area contributed by atoms with Gasteiger partial charge in [0.2, 0.25) is 0 Å².